The molecule has 3 aromatic carbocycles. The first-order chi connectivity index (χ1) is 14.4. The van der Waals surface area contributed by atoms with E-state index in [1.807, 2.05) is 43.3 Å². The van der Waals surface area contributed by atoms with Gasteiger partial charge in [-0.15, -0.1) is 0 Å². The molecule has 0 bridgehead atoms. The van der Waals surface area contributed by atoms with E-state index in [9.17, 15) is 13.2 Å². The first kappa shape index (κ1) is 21.5. The van der Waals surface area contributed by atoms with Crippen molar-refractivity contribution in [2.75, 3.05) is 19.0 Å². The molecule has 0 saturated heterocycles. The zero-order chi connectivity index (χ0) is 21.6. The molecule has 7 heteroatoms. The van der Waals surface area contributed by atoms with Gasteiger partial charge in [0.05, 0.1) is 24.2 Å². The molecular formula is C23H24N2O4S. The highest BCUT2D eigenvalue weighted by atomic mass is 32.2. The molecule has 0 radical (unpaired) electrons. The Balaban J connectivity index is 1.87. The molecule has 156 valence electrons. The van der Waals surface area contributed by atoms with Gasteiger partial charge < -0.3 is 10.1 Å². The van der Waals surface area contributed by atoms with E-state index in [1.54, 1.807) is 30.3 Å². The van der Waals surface area contributed by atoms with Crippen LogP contribution in [-0.4, -0.2) is 32.3 Å². The number of sulfonamides is 1. The van der Waals surface area contributed by atoms with E-state index in [4.69, 9.17) is 4.74 Å². The molecule has 1 N–H and O–H groups in total. The van der Waals surface area contributed by atoms with Crippen molar-refractivity contribution in [1.29, 1.82) is 0 Å². The Kier molecular flexibility index (Phi) is 6.87. The largest absolute Gasteiger partial charge is 0.495 e. The third-order valence-electron chi connectivity index (χ3n) is 4.53. The topological polar surface area (TPSA) is 75.7 Å². The number of aryl methyl sites for hydroxylation is 1. The smallest absolute Gasteiger partial charge is 0.243 e. The van der Waals surface area contributed by atoms with Gasteiger partial charge in [0.1, 0.15) is 5.75 Å². The van der Waals surface area contributed by atoms with Gasteiger partial charge >= 0.3 is 0 Å². The minimum absolute atomic E-state index is 0.0798. The van der Waals surface area contributed by atoms with Crippen LogP contribution in [0.4, 0.5) is 5.69 Å². The number of ether oxygens (including phenoxy) is 1. The van der Waals surface area contributed by atoms with Crippen molar-refractivity contribution in [2.45, 2.75) is 18.4 Å². The zero-order valence-corrected chi connectivity index (χ0v) is 17.7. The first-order valence-electron chi connectivity index (χ1n) is 9.44. The van der Waals surface area contributed by atoms with Crippen molar-refractivity contribution in [3.05, 3.63) is 90.0 Å². The molecule has 3 rings (SSSR count). The van der Waals surface area contributed by atoms with E-state index in [1.165, 1.54) is 23.5 Å². The summed E-state index contributed by atoms with van der Waals surface area (Å²) < 4.78 is 32.9. The molecule has 0 heterocycles. The lowest BCUT2D eigenvalue weighted by Crippen LogP contribution is -2.37. The number of amides is 1. The maximum absolute atomic E-state index is 13.2. The fourth-order valence-corrected chi connectivity index (χ4v) is 4.43. The Morgan fingerprint density at radius 1 is 0.967 bits per heavy atom. The number of benzene rings is 3. The second kappa shape index (κ2) is 9.56. The molecule has 30 heavy (non-hydrogen) atoms. The number of hydrogen-bond donors (Lipinski definition) is 1. The van der Waals surface area contributed by atoms with Gasteiger partial charge in [0.2, 0.25) is 15.9 Å². The summed E-state index contributed by atoms with van der Waals surface area (Å²) in [5.41, 5.74) is 2.24. The van der Waals surface area contributed by atoms with Crippen LogP contribution in [0, 0.1) is 6.92 Å². The molecular weight excluding hydrogens is 400 g/mol. The van der Waals surface area contributed by atoms with Crippen LogP contribution >= 0.6 is 0 Å². The molecule has 1 amide bonds. The summed E-state index contributed by atoms with van der Waals surface area (Å²) in [6.45, 7) is 1.65. The summed E-state index contributed by atoms with van der Waals surface area (Å²) in [6.07, 6.45) is 0. The molecule has 0 aliphatic heterocycles. The van der Waals surface area contributed by atoms with Gasteiger partial charge in [-0.25, -0.2) is 8.42 Å². The Morgan fingerprint density at radius 2 is 1.60 bits per heavy atom. The van der Waals surface area contributed by atoms with Crippen LogP contribution in [0.25, 0.3) is 0 Å². The Labute approximate surface area is 177 Å². The molecule has 3 aromatic rings. The van der Waals surface area contributed by atoms with E-state index < -0.39 is 15.9 Å². The predicted molar refractivity (Wildman–Crippen MR) is 117 cm³/mol. The van der Waals surface area contributed by atoms with E-state index in [0.717, 1.165) is 11.1 Å². The lowest BCUT2D eigenvalue weighted by Gasteiger charge is -2.22. The van der Waals surface area contributed by atoms with Crippen LogP contribution in [0.15, 0.2) is 83.8 Å². The molecule has 0 aliphatic rings. The molecule has 6 nitrogen and oxygen atoms in total. The maximum atomic E-state index is 13.2. The van der Waals surface area contributed by atoms with Gasteiger partial charge in [0, 0.05) is 6.54 Å². The van der Waals surface area contributed by atoms with Crippen LogP contribution < -0.4 is 10.1 Å². The Bertz CT molecular complexity index is 1100. The lowest BCUT2D eigenvalue weighted by atomic mass is 10.2. The van der Waals surface area contributed by atoms with Gasteiger partial charge in [0.15, 0.2) is 0 Å². The lowest BCUT2D eigenvalue weighted by molar-refractivity contribution is -0.116. The van der Waals surface area contributed by atoms with Crippen LogP contribution in [-0.2, 0) is 21.4 Å². The van der Waals surface area contributed by atoms with Crippen LogP contribution in [0.3, 0.4) is 0 Å². The van der Waals surface area contributed by atoms with Gasteiger partial charge in [-0.3, -0.25) is 4.79 Å². The summed E-state index contributed by atoms with van der Waals surface area (Å²) in [6, 6.07) is 22.7. The SMILES string of the molecule is COc1ccc(C)cc1NC(=O)CN(Cc1ccccc1)S(=O)(=O)c1ccccc1. The van der Waals surface area contributed by atoms with Crippen molar-refractivity contribution >= 4 is 21.6 Å². The fourth-order valence-electron chi connectivity index (χ4n) is 3.02. The molecule has 0 spiro atoms. The molecule has 0 unspecified atom stereocenters. The van der Waals surface area contributed by atoms with Gasteiger partial charge in [-0.1, -0.05) is 54.6 Å². The van der Waals surface area contributed by atoms with Crippen molar-refractivity contribution < 1.29 is 17.9 Å². The number of methoxy groups -OCH3 is 1. The summed E-state index contributed by atoms with van der Waals surface area (Å²) >= 11 is 0. The molecule has 0 aliphatic carbocycles. The third-order valence-corrected chi connectivity index (χ3v) is 6.34. The normalized spacial score (nSPS) is 11.3. The number of rotatable bonds is 8. The summed E-state index contributed by atoms with van der Waals surface area (Å²) in [5.74, 6) is 0.0591. The van der Waals surface area contributed by atoms with Crippen molar-refractivity contribution in [3.63, 3.8) is 0 Å². The monoisotopic (exact) mass is 424 g/mol. The average Bonchev–Trinajstić information content (AvgIpc) is 2.75. The van der Waals surface area contributed by atoms with E-state index in [2.05, 4.69) is 5.32 Å². The first-order valence-corrected chi connectivity index (χ1v) is 10.9. The molecule has 0 atom stereocenters. The van der Waals surface area contributed by atoms with Crippen LogP contribution in [0.5, 0.6) is 5.75 Å². The van der Waals surface area contributed by atoms with Crippen molar-refractivity contribution in [2.24, 2.45) is 0 Å². The third kappa shape index (κ3) is 5.25. The van der Waals surface area contributed by atoms with E-state index in [-0.39, 0.29) is 18.0 Å². The summed E-state index contributed by atoms with van der Waals surface area (Å²) in [7, 11) is -2.35. The zero-order valence-electron chi connectivity index (χ0n) is 16.9. The average molecular weight is 425 g/mol. The number of carbonyl (C=O) groups is 1. The van der Waals surface area contributed by atoms with Crippen LogP contribution in [0.1, 0.15) is 11.1 Å². The maximum Gasteiger partial charge on any atom is 0.243 e. The highest BCUT2D eigenvalue weighted by Gasteiger charge is 2.27. The number of nitrogens with one attached hydrogen (secondary N) is 1. The number of hydrogen-bond acceptors (Lipinski definition) is 4. The highest BCUT2D eigenvalue weighted by molar-refractivity contribution is 7.89. The van der Waals surface area contributed by atoms with E-state index in [0.29, 0.717) is 11.4 Å². The minimum Gasteiger partial charge on any atom is -0.495 e. The predicted octanol–water partition coefficient (Wildman–Crippen LogP) is 3.83. The van der Waals surface area contributed by atoms with Crippen molar-refractivity contribution in [1.82, 2.24) is 4.31 Å². The second-order valence-electron chi connectivity index (χ2n) is 6.82. The Hall–Kier alpha value is -3.16. The second-order valence-corrected chi connectivity index (χ2v) is 8.76. The van der Waals surface area contributed by atoms with Gasteiger partial charge in [-0.05, 0) is 42.3 Å². The number of nitrogens with zero attached hydrogens (tertiary/aromatic N) is 1. The van der Waals surface area contributed by atoms with E-state index >= 15 is 0 Å². The fraction of sp³-hybridized carbons (Fsp3) is 0.174. The van der Waals surface area contributed by atoms with Gasteiger partial charge in [0.25, 0.3) is 0 Å². The molecule has 0 fully saturated rings. The summed E-state index contributed by atoms with van der Waals surface area (Å²) in [5, 5.41) is 2.77. The Morgan fingerprint density at radius 3 is 2.23 bits per heavy atom. The quantitative estimate of drug-likeness (QED) is 0.596. The number of carbonyl (C=O) groups excluding carboxylic acids is 1. The minimum atomic E-state index is -3.87. The van der Waals surface area contributed by atoms with Crippen LogP contribution in [0.2, 0.25) is 0 Å². The van der Waals surface area contributed by atoms with Gasteiger partial charge in [-0.2, -0.15) is 4.31 Å². The highest BCUT2D eigenvalue weighted by Crippen LogP contribution is 2.25. The molecule has 0 aromatic heterocycles. The van der Waals surface area contributed by atoms with Crippen molar-refractivity contribution in [3.8, 4) is 5.75 Å². The summed E-state index contributed by atoms with van der Waals surface area (Å²) in [4.78, 5) is 12.9. The number of anilines is 1. The standard InChI is InChI=1S/C23H24N2O4S/c1-18-13-14-22(29-2)21(15-18)24-23(26)17-25(16-19-9-5-3-6-10-19)30(27,28)20-11-7-4-8-12-20/h3-15H,16-17H2,1-2H3,(H,24,26). The molecule has 0 saturated carbocycles.